The molecule has 0 radical (unpaired) electrons. The van der Waals surface area contributed by atoms with Crippen molar-refractivity contribution in [1.29, 1.82) is 0 Å². The van der Waals surface area contributed by atoms with Crippen LogP contribution in [-0.4, -0.2) is 37.5 Å². The molecule has 0 atom stereocenters. The molecule has 0 aliphatic heterocycles. The minimum Gasteiger partial charge on any atom is -0.364 e. The Bertz CT molecular complexity index is 2050. The van der Waals surface area contributed by atoms with Crippen LogP contribution in [0.2, 0.25) is 0 Å². The maximum absolute atomic E-state index is 13.3. The van der Waals surface area contributed by atoms with E-state index in [1.165, 1.54) is 41.1 Å². The van der Waals surface area contributed by atoms with Gasteiger partial charge in [0.25, 0.3) is 15.9 Å². The van der Waals surface area contributed by atoms with Crippen molar-refractivity contribution in [2.45, 2.75) is 22.6 Å². The van der Waals surface area contributed by atoms with Gasteiger partial charge >= 0.3 is 0 Å². The number of hydrogen-bond acceptors (Lipinski definition) is 7. The Hall–Kier alpha value is -4.59. The van der Waals surface area contributed by atoms with Gasteiger partial charge in [0.2, 0.25) is 10.0 Å². The fourth-order valence-electron chi connectivity index (χ4n) is 4.89. The van der Waals surface area contributed by atoms with Gasteiger partial charge in [0.05, 0.1) is 26.7 Å². The van der Waals surface area contributed by atoms with Crippen LogP contribution < -0.4 is 15.6 Å². The van der Waals surface area contributed by atoms with Gasteiger partial charge in [-0.15, -0.1) is 0 Å². The van der Waals surface area contributed by atoms with Gasteiger partial charge in [-0.3, -0.25) is 14.5 Å². The predicted octanol–water partition coefficient (Wildman–Crippen LogP) is 2.73. The van der Waals surface area contributed by atoms with Crippen LogP contribution in [0.4, 0.5) is 5.69 Å². The number of sulfonamides is 2. The Morgan fingerprint density at radius 2 is 1.65 bits per heavy atom. The number of primary amides is 1. The number of carbonyl (C=O) groups excluding carboxylic acids is 1. The summed E-state index contributed by atoms with van der Waals surface area (Å²) < 4.78 is 54.1. The minimum absolute atomic E-state index is 0.0631. The lowest BCUT2D eigenvalue weighted by Gasteiger charge is -2.20. The summed E-state index contributed by atoms with van der Waals surface area (Å²) in [5.74, 6) is -0.707. The number of anilines is 1. The SMILES string of the molecule is NC(=O)c1nn(-c2ccc(S(N)(=O)=O)cc2)c2c1CCc1ccc(NS(=O)(=O)c3ccc4cccnc4c3)cc1-2. The molecule has 0 saturated heterocycles. The van der Waals surface area contributed by atoms with E-state index in [0.29, 0.717) is 46.6 Å². The Kier molecular flexibility index (Phi) is 5.94. The number of nitrogens with zero attached hydrogens (tertiary/aromatic N) is 3. The molecule has 6 rings (SSSR count). The molecule has 0 fully saturated rings. The third-order valence-electron chi connectivity index (χ3n) is 6.78. The first-order chi connectivity index (χ1) is 19.0. The summed E-state index contributed by atoms with van der Waals surface area (Å²) in [7, 11) is -7.86. The molecule has 1 amide bonds. The number of hydrogen-bond donors (Lipinski definition) is 3. The second kappa shape index (κ2) is 9.26. The summed E-state index contributed by atoms with van der Waals surface area (Å²) in [4.78, 5) is 16.5. The summed E-state index contributed by atoms with van der Waals surface area (Å²) in [6.07, 6.45) is 2.67. The van der Waals surface area contributed by atoms with Gasteiger partial charge in [-0.2, -0.15) is 5.10 Å². The van der Waals surface area contributed by atoms with Crippen LogP contribution in [0.3, 0.4) is 0 Å². The van der Waals surface area contributed by atoms with E-state index in [1.54, 1.807) is 30.5 Å². The number of nitrogens with one attached hydrogen (secondary N) is 1. The third kappa shape index (κ3) is 4.49. The fourth-order valence-corrected chi connectivity index (χ4v) is 6.48. The van der Waals surface area contributed by atoms with Crippen LogP contribution in [0.15, 0.2) is 88.8 Å². The molecule has 5 N–H and O–H groups in total. The Labute approximate surface area is 229 Å². The van der Waals surface area contributed by atoms with Crippen molar-refractivity contribution >= 4 is 42.5 Å². The summed E-state index contributed by atoms with van der Waals surface area (Å²) in [6, 6.07) is 19.3. The summed E-state index contributed by atoms with van der Waals surface area (Å²) in [6.45, 7) is 0. The number of rotatable bonds is 6. The van der Waals surface area contributed by atoms with Crippen LogP contribution in [-0.2, 0) is 32.9 Å². The smallest absolute Gasteiger partial charge is 0.269 e. The van der Waals surface area contributed by atoms with Crippen LogP contribution in [0, 0.1) is 0 Å². The monoisotopic (exact) mass is 574 g/mol. The highest BCUT2D eigenvalue weighted by Gasteiger charge is 2.29. The van der Waals surface area contributed by atoms with Crippen LogP contribution in [0.5, 0.6) is 0 Å². The molecule has 1 aliphatic carbocycles. The number of aromatic nitrogens is 3. The maximum Gasteiger partial charge on any atom is 0.269 e. The molecule has 1 aliphatic rings. The number of pyridine rings is 1. The van der Waals surface area contributed by atoms with Gasteiger partial charge in [-0.25, -0.2) is 26.7 Å². The standard InChI is InChI=1S/C27H22N6O5S2/c28-27(34)25-22-12-5-16-3-6-18(32-40(37,38)21-9-4-17-2-1-13-30-24(17)15-21)14-23(16)26(22)33(31-25)19-7-10-20(11-8-19)39(29,35)36/h1-4,6-11,13-15,32H,5,12H2,(H2,28,34)(H2,29,35,36). The molecule has 0 spiro atoms. The van der Waals surface area contributed by atoms with E-state index in [1.807, 2.05) is 12.1 Å². The lowest BCUT2D eigenvalue weighted by molar-refractivity contribution is 0.0994. The Morgan fingerprint density at radius 3 is 2.38 bits per heavy atom. The third-order valence-corrected chi connectivity index (χ3v) is 9.08. The fraction of sp³-hybridized carbons (Fsp3) is 0.0741. The van der Waals surface area contributed by atoms with E-state index >= 15 is 0 Å². The van der Waals surface area contributed by atoms with Crippen molar-refractivity contribution in [3.05, 3.63) is 95.8 Å². The van der Waals surface area contributed by atoms with Crippen molar-refractivity contribution in [2.75, 3.05) is 4.72 Å². The van der Waals surface area contributed by atoms with Gasteiger partial charge in [0.1, 0.15) is 0 Å². The van der Waals surface area contributed by atoms with E-state index in [-0.39, 0.29) is 15.5 Å². The first-order valence-corrected chi connectivity index (χ1v) is 15.1. The second-order valence-corrected chi connectivity index (χ2v) is 12.6. The number of fused-ring (bicyclic) bond motifs is 4. The van der Waals surface area contributed by atoms with Gasteiger partial charge in [0.15, 0.2) is 5.69 Å². The summed E-state index contributed by atoms with van der Waals surface area (Å²) >= 11 is 0. The number of benzene rings is 3. The molecule has 202 valence electrons. The van der Waals surface area contributed by atoms with Crippen molar-refractivity contribution in [2.24, 2.45) is 10.9 Å². The molecule has 40 heavy (non-hydrogen) atoms. The second-order valence-electron chi connectivity index (χ2n) is 9.33. The van der Waals surface area contributed by atoms with E-state index in [4.69, 9.17) is 10.9 Å². The highest BCUT2D eigenvalue weighted by molar-refractivity contribution is 7.92. The van der Waals surface area contributed by atoms with Crippen molar-refractivity contribution < 1.29 is 21.6 Å². The van der Waals surface area contributed by atoms with E-state index < -0.39 is 26.0 Å². The molecule has 2 aromatic heterocycles. The van der Waals surface area contributed by atoms with E-state index in [2.05, 4.69) is 14.8 Å². The quantitative estimate of drug-likeness (QED) is 0.279. The molecule has 3 aromatic carbocycles. The zero-order chi connectivity index (χ0) is 28.2. The molecule has 2 heterocycles. The van der Waals surface area contributed by atoms with E-state index in [9.17, 15) is 21.6 Å². The van der Waals surface area contributed by atoms with Crippen LogP contribution in [0.25, 0.3) is 27.8 Å². The highest BCUT2D eigenvalue weighted by Crippen LogP contribution is 2.39. The number of nitrogens with two attached hydrogens (primary N) is 2. The maximum atomic E-state index is 13.3. The molecule has 11 nitrogen and oxygen atoms in total. The van der Waals surface area contributed by atoms with Gasteiger partial charge in [-0.05, 0) is 73.0 Å². The average molecular weight is 575 g/mol. The average Bonchev–Trinajstić information content (AvgIpc) is 3.33. The molecular weight excluding hydrogens is 552 g/mol. The largest absolute Gasteiger partial charge is 0.364 e. The topological polar surface area (TPSA) is 180 Å². The zero-order valence-corrected chi connectivity index (χ0v) is 22.4. The molecular formula is C27H22N6O5S2. The number of amides is 1. The Balaban J connectivity index is 1.44. The van der Waals surface area contributed by atoms with Crippen LogP contribution >= 0.6 is 0 Å². The van der Waals surface area contributed by atoms with Crippen molar-refractivity contribution in [3.63, 3.8) is 0 Å². The first kappa shape index (κ1) is 25.7. The molecule has 5 aromatic rings. The summed E-state index contributed by atoms with van der Waals surface area (Å²) in [5.41, 5.74) is 9.83. The van der Waals surface area contributed by atoms with Crippen molar-refractivity contribution in [1.82, 2.24) is 14.8 Å². The molecule has 0 saturated carbocycles. The molecule has 0 bridgehead atoms. The number of primary sulfonamides is 1. The first-order valence-electron chi connectivity index (χ1n) is 12.1. The number of aryl methyl sites for hydroxylation is 1. The molecule has 13 heteroatoms. The Morgan fingerprint density at radius 1 is 0.900 bits per heavy atom. The summed E-state index contributed by atoms with van der Waals surface area (Å²) in [5, 5.41) is 10.5. The molecule has 0 unspecified atom stereocenters. The van der Waals surface area contributed by atoms with Gasteiger partial charge in [-0.1, -0.05) is 18.2 Å². The zero-order valence-electron chi connectivity index (χ0n) is 20.8. The predicted molar refractivity (Wildman–Crippen MR) is 149 cm³/mol. The number of carbonyl (C=O) groups is 1. The van der Waals surface area contributed by atoms with Gasteiger partial charge < -0.3 is 5.73 Å². The lowest BCUT2D eigenvalue weighted by atomic mass is 9.88. The highest BCUT2D eigenvalue weighted by atomic mass is 32.2. The van der Waals surface area contributed by atoms with E-state index in [0.717, 1.165) is 10.9 Å². The van der Waals surface area contributed by atoms with Crippen LogP contribution in [0.1, 0.15) is 21.6 Å². The van der Waals surface area contributed by atoms with Gasteiger partial charge in [0, 0.05) is 28.4 Å². The normalized spacial score (nSPS) is 13.0. The van der Waals surface area contributed by atoms with Crippen molar-refractivity contribution in [3.8, 4) is 16.9 Å². The minimum atomic E-state index is -3.95. The lowest BCUT2D eigenvalue weighted by Crippen LogP contribution is -2.16.